The standard InChI is InChI=1S/C20H26N4/c1-17-5-2-6-18(13-17)14-23-12-8-20(15-23)7-3-11-24(16-20)19-21-9-4-10-22-19/h2,4-6,9-10,13H,3,7-8,11-12,14-16H2,1H3. The molecule has 3 heterocycles. The van der Waals surface area contributed by atoms with Gasteiger partial charge in [-0.25, -0.2) is 9.97 Å². The summed E-state index contributed by atoms with van der Waals surface area (Å²) < 4.78 is 0. The molecular weight excluding hydrogens is 296 g/mol. The summed E-state index contributed by atoms with van der Waals surface area (Å²) >= 11 is 0. The van der Waals surface area contributed by atoms with Gasteiger partial charge in [-0.15, -0.1) is 0 Å². The Balaban J connectivity index is 1.43. The summed E-state index contributed by atoms with van der Waals surface area (Å²) in [7, 11) is 0. The Morgan fingerprint density at radius 1 is 1.04 bits per heavy atom. The highest BCUT2D eigenvalue weighted by Gasteiger charge is 2.41. The second-order valence-corrected chi connectivity index (χ2v) is 7.52. The van der Waals surface area contributed by atoms with Crippen molar-refractivity contribution in [3.8, 4) is 0 Å². The lowest BCUT2D eigenvalue weighted by Gasteiger charge is -2.40. The first-order valence-corrected chi connectivity index (χ1v) is 9.02. The third-order valence-corrected chi connectivity index (χ3v) is 5.50. The van der Waals surface area contributed by atoms with Gasteiger partial charge in [0.1, 0.15) is 0 Å². The molecule has 0 saturated carbocycles. The van der Waals surface area contributed by atoms with E-state index in [1.54, 1.807) is 0 Å². The molecule has 0 aliphatic carbocycles. The fraction of sp³-hybridized carbons (Fsp3) is 0.500. The second-order valence-electron chi connectivity index (χ2n) is 7.52. The van der Waals surface area contributed by atoms with E-state index in [-0.39, 0.29) is 0 Å². The maximum Gasteiger partial charge on any atom is 0.225 e. The van der Waals surface area contributed by atoms with Crippen molar-refractivity contribution in [2.45, 2.75) is 32.7 Å². The number of rotatable bonds is 3. The fourth-order valence-electron chi connectivity index (χ4n) is 4.40. The number of nitrogens with zero attached hydrogens (tertiary/aromatic N) is 4. The lowest BCUT2D eigenvalue weighted by atomic mass is 9.79. The fourth-order valence-corrected chi connectivity index (χ4v) is 4.40. The van der Waals surface area contributed by atoms with Crippen molar-refractivity contribution in [1.82, 2.24) is 14.9 Å². The van der Waals surface area contributed by atoms with Crippen LogP contribution in [-0.4, -0.2) is 41.0 Å². The van der Waals surface area contributed by atoms with Crippen LogP contribution in [0, 0.1) is 12.3 Å². The minimum atomic E-state index is 0.418. The van der Waals surface area contributed by atoms with Gasteiger partial charge < -0.3 is 4.90 Å². The predicted molar refractivity (Wildman–Crippen MR) is 97.0 cm³/mol. The molecule has 0 bridgehead atoms. The molecule has 1 unspecified atom stereocenters. The van der Waals surface area contributed by atoms with Gasteiger partial charge in [0, 0.05) is 44.0 Å². The number of benzene rings is 1. The first-order valence-electron chi connectivity index (χ1n) is 9.02. The zero-order valence-corrected chi connectivity index (χ0v) is 14.5. The van der Waals surface area contributed by atoms with Gasteiger partial charge in [0.2, 0.25) is 5.95 Å². The van der Waals surface area contributed by atoms with E-state index in [0.717, 1.165) is 25.6 Å². The van der Waals surface area contributed by atoms with Gasteiger partial charge in [-0.2, -0.15) is 0 Å². The molecule has 24 heavy (non-hydrogen) atoms. The minimum Gasteiger partial charge on any atom is -0.340 e. The van der Waals surface area contributed by atoms with E-state index in [4.69, 9.17) is 0 Å². The number of aromatic nitrogens is 2. The lowest BCUT2D eigenvalue weighted by molar-refractivity contribution is 0.215. The van der Waals surface area contributed by atoms with Gasteiger partial charge in [0.05, 0.1) is 0 Å². The van der Waals surface area contributed by atoms with Gasteiger partial charge in [-0.1, -0.05) is 29.8 Å². The van der Waals surface area contributed by atoms with Crippen LogP contribution in [0.4, 0.5) is 5.95 Å². The van der Waals surface area contributed by atoms with Gasteiger partial charge >= 0.3 is 0 Å². The highest BCUT2D eigenvalue weighted by molar-refractivity contribution is 5.30. The molecule has 1 spiro atoms. The van der Waals surface area contributed by atoms with Crippen molar-refractivity contribution >= 4 is 5.95 Å². The monoisotopic (exact) mass is 322 g/mol. The van der Waals surface area contributed by atoms with Crippen LogP contribution in [0.15, 0.2) is 42.7 Å². The van der Waals surface area contributed by atoms with E-state index >= 15 is 0 Å². The first kappa shape index (κ1) is 15.6. The summed E-state index contributed by atoms with van der Waals surface area (Å²) in [5.74, 6) is 0.897. The molecule has 4 nitrogen and oxygen atoms in total. The largest absolute Gasteiger partial charge is 0.340 e. The number of likely N-dealkylation sites (tertiary alicyclic amines) is 1. The molecule has 2 saturated heterocycles. The number of aryl methyl sites for hydroxylation is 1. The summed E-state index contributed by atoms with van der Waals surface area (Å²) in [5.41, 5.74) is 3.21. The molecule has 2 fully saturated rings. The average Bonchev–Trinajstić information content (AvgIpc) is 2.97. The van der Waals surface area contributed by atoms with Crippen molar-refractivity contribution in [2.75, 3.05) is 31.1 Å². The van der Waals surface area contributed by atoms with Crippen LogP contribution in [-0.2, 0) is 6.54 Å². The maximum absolute atomic E-state index is 4.45. The Labute approximate surface area is 144 Å². The van der Waals surface area contributed by atoms with Gasteiger partial charge in [-0.05, 0) is 44.4 Å². The van der Waals surface area contributed by atoms with Crippen LogP contribution < -0.4 is 4.90 Å². The molecule has 4 heteroatoms. The molecule has 2 aliphatic rings. The Morgan fingerprint density at radius 3 is 2.75 bits per heavy atom. The molecule has 0 amide bonds. The molecule has 4 rings (SSSR count). The van der Waals surface area contributed by atoms with Crippen molar-refractivity contribution in [2.24, 2.45) is 5.41 Å². The predicted octanol–water partition coefficient (Wildman–Crippen LogP) is 3.28. The highest BCUT2D eigenvalue weighted by atomic mass is 15.3. The molecule has 126 valence electrons. The number of piperidine rings is 1. The van der Waals surface area contributed by atoms with Crippen LogP contribution in [0.1, 0.15) is 30.4 Å². The highest BCUT2D eigenvalue weighted by Crippen LogP contribution is 2.40. The smallest absolute Gasteiger partial charge is 0.225 e. The van der Waals surface area contributed by atoms with E-state index in [9.17, 15) is 0 Å². The number of hydrogen-bond acceptors (Lipinski definition) is 4. The molecule has 1 atom stereocenters. The van der Waals surface area contributed by atoms with Crippen molar-refractivity contribution in [3.63, 3.8) is 0 Å². The van der Waals surface area contributed by atoms with E-state index in [0.29, 0.717) is 5.41 Å². The quantitative estimate of drug-likeness (QED) is 0.868. The molecule has 1 aromatic carbocycles. The third kappa shape index (κ3) is 3.29. The van der Waals surface area contributed by atoms with E-state index in [1.165, 1.54) is 43.5 Å². The Hall–Kier alpha value is -1.94. The molecule has 0 N–H and O–H groups in total. The first-order chi connectivity index (χ1) is 11.7. The third-order valence-electron chi connectivity index (χ3n) is 5.50. The number of hydrogen-bond donors (Lipinski definition) is 0. The topological polar surface area (TPSA) is 32.3 Å². The summed E-state index contributed by atoms with van der Waals surface area (Å²) in [5, 5.41) is 0. The average molecular weight is 322 g/mol. The van der Waals surface area contributed by atoms with Gasteiger partial charge in [-0.3, -0.25) is 4.90 Å². The van der Waals surface area contributed by atoms with Crippen LogP contribution in [0.3, 0.4) is 0 Å². The summed E-state index contributed by atoms with van der Waals surface area (Å²) in [4.78, 5) is 13.9. The summed E-state index contributed by atoms with van der Waals surface area (Å²) in [6.45, 7) is 7.84. The Morgan fingerprint density at radius 2 is 1.92 bits per heavy atom. The van der Waals surface area contributed by atoms with Crippen molar-refractivity contribution < 1.29 is 0 Å². The number of anilines is 1. The van der Waals surface area contributed by atoms with Crippen LogP contribution >= 0.6 is 0 Å². The van der Waals surface area contributed by atoms with E-state index in [2.05, 4.69) is 51.0 Å². The Bertz CT molecular complexity index is 687. The van der Waals surface area contributed by atoms with Crippen molar-refractivity contribution in [1.29, 1.82) is 0 Å². The van der Waals surface area contributed by atoms with Crippen LogP contribution in [0.2, 0.25) is 0 Å². The molecule has 0 radical (unpaired) electrons. The summed E-state index contributed by atoms with van der Waals surface area (Å²) in [6.07, 6.45) is 7.57. The van der Waals surface area contributed by atoms with E-state index < -0.39 is 0 Å². The van der Waals surface area contributed by atoms with E-state index in [1.807, 2.05) is 18.5 Å². The van der Waals surface area contributed by atoms with Gasteiger partial charge in [0.25, 0.3) is 0 Å². The second kappa shape index (κ2) is 6.52. The zero-order chi connectivity index (χ0) is 16.4. The molecular formula is C20H26N4. The van der Waals surface area contributed by atoms with Gasteiger partial charge in [0.15, 0.2) is 0 Å². The zero-order valence-electron chi connectivity index (χ0n) is 14.5. The molecule has 2 aliphatic heterocycles. The minimum absolute atomic E-state index is 0.418. The Kier molecular flexibility index (Phi) is 4.23. The molecule has 2 aromatic rings. The van der Waals surface area contributed by atoms with Crippen LogP contribution in [0.5, 0.6) is 0 Å². The van der Waals surface area contributed by atoms with Crippen molar-refractivity contribution in [3.05, 3.63) is 53.9 Å². The molecule has 1 aromatic heterocycles. The summed E-state index contributed by atoms with van der Waals surface area (Å²) in [6, 6.07) is 10.8. The SMILES string of the molecule is Cc1cccc(CN2CCC3(CCCN(c4ncccn4)C3)C2)c1. The van der Waals surface area contributed by atoms with Crippen LogP contribution in [0.25, 0.3) is 0 Å². The normalized spacial score (nSPS) is 24.6. The lowest BCUT2D eigenvalue weighted by Crippen LogP contribution is -2.45. The maximum atomic E-state index is 4.45.